The molecule has 0 saturated heterocycles. The van der Waals surface area contributed by atoms with Gasteiger partial charge in [-0.2, -0.15) is 0 Å². The molecule has 0 radical (unpaired) electrons. The summed E-state index contributed by atoms with van der Waals surface area (Å²) in [6.45, 7) is 0. The van der Waals surface area contributed by atoms with Crippen molar-refractivity contribution in [2.45, 2.75) is 49.9 Å². The van der Waals surface area contributed by atoms with E-state index in [0.29, 0.717) is 11.3 Å². The van der Waals surface area contributed by atoms with Gasteiger partial charge >= 0.3 is 5.97 Å². The minimum absolute atomic E-state index is 0.0347. The number of amides is 5. The Morgan fingerprint density at radius 2 is 1.36 bits per heavy atom. The van der Waals surface area contributed by atoms with E-state index in [9.17, 15) is 39.0 Å². The van der Waals surface area contributed by atoms with Gasteiger partial charge in [0, 0.05) is 24.7 Å². The Balaban J connectivity index is 2.30. The number of carboxylic acids is 1. The van der Waals surface area contributed by atoms with E-state index in [2.05, 4.69) is 25.9 Å². The van der Waals surface area contributed by atoms with Crippen molar-refractivity contribution in [2.75, 3.05) is 0 Å². The summed E-state index contributed by atoms with van der Waals surface area (Å²) in [5.74, 6) is -6.04. The highest BCUT2D eigenvalue weighted by Gasteiger charge is 2.31. The van der Waals surface area contributed by atoms with Crippen LogP contribution in [0.15, 0.2) is 36.8 Å². The molecule has 0 aliphatic heterocycles. The maximum absolute atomic E-state index is 13.3. The smallest absolute Gasteiger partial charge is 0.326 e. The summed E-state index contributed by atoms with van der Waals surface area (Å²) < 4.78 is 0. The molecule has 0 aliphatic rings. The van der Waals surface area contributed by atoms with Crippen molar-refractivity contribution in [3.63, 3.8) is 0 Å². The van der Waals surface area contributed by atoms with Crippen molar-refractivity contribution in [1.29, 1.82) is 0 Å². The fraction of sp³-hybridized carbons (Fsp3) is 0.348. The lowest BCUT2D eigenvalue weighted by Crippen LogP contribution is -2.58. The average Bonchev–Trinajstić information content (AvgIpc) is 3.36. The molecule has 5 amide bonds. The molecule has 0 bridgehead atoms. The lowest BCUT2D eigenvalue weighted by molar-refractivity contribution is -0.143. The molecule has 0 spiro atoms. The number of imidazole rings is 1. The predicted octanol–water partition coefficient (Wildman–Crippen LogP) is -3.48. The van der Waals surface area contributed by atoms with Crippen LogP contribution >= 0.6 is 0 Å². The van der Waals surface area contributed by atoms with E-state index in [4.69, 9.17) is 17.2 Å². The zero-order valence-electron chi connectivity index (χ0n) is 20.6. The Bertz CT molecular complexity index is 1190. The first-order chi connectivity index (χ1) is 18.3. The molecule has 4 unspecified atom stereocenters. The van der Waals surface area contributed by atoms with Crippen molar-refractivity contribution < 1.29 is 39.0 Å². The van der Waals surface area contributed by atoms with Gasteiger partial charge in [-0.1, -0.05) is 12.1 Å². The van der Waals surface area contributed by atoms with Crippen molar-refractivity contribution in [3.05, 3.63) is 48.0 Å². The zero-order chi connectivity index (χ0) is 29.1. The molecule has 1 aromatic heterocycles. The van der Waals surface area contributed by atoms with Crippen molar-refractivity contribution in [1.82, 2.24) is 25.9 Å². The molecule has 1 aromatic carbocycles. The number of aliphatic carboxylic acids is 1. The fourth-order valence-corrected chi connectivity index (χ4v) is 3.44. The number of aromatic hydroxyl groups is 1. The first kappa shape index (κ1) is 30.2. The molecule has 0 aliphatic carbocycles. The number of phenols is 1. The first-order valence-corrected chi connectivity index (χ1v) is 11.6. The van der Waals surface area contributed by atoms with E-state index in [1.165, 1.54) is 36.8 Å². The molecule has 16 heteroatoms. The van der Waals surface area contributed by atoms with Gasteiger partial charge in [0.25, 0.3) is 0 Å². The van der Waals surface area contributed by atoms with Crippen LogP contribution in [0.5, 0.6) is 5.75 Å². The Morgan fingerprint density at radius 1 is 0.821 bits per heavy atom. The molecular formula is C23H30N8O8. The molecule has 0 fully saturated rings. The number of carbonyl (C=O) groups is 6. The lowest BCUT2D eigenvalue weighted by Gasteiger charge is -2.25. The van der Waals surface area contributed by atoms with Crippen molar-refractivity contribution >= 4 is 35.5 Å². The average molecular weight is 547 g/mol. The molecule has 39 heavy (non-hydrogen) atoms. The van der Waals surface area contributed by atoms with E-state index in [-0.39, 0.29) is 18.6 Å². The SMILES string of the molecule is NC(=O)CC(N)C(=O)NC(Cc1ccc(O)cc1)C(=O)NC(Cc1cnc[nH]1)C(=O)NC(CC(N)=O)C(=O)O. The minimum atomic E-state index is -1.66. The van der Waals surface area contributed by atoms with Crippen LogP contribution in [0.3, 0.4) is 0 Å². The number of nitrogens with two attached hydrogens (primary N) is 3. The number of hydrogen-bond donors (Lipinski definition) is 9. The highest BCUT2D eigenvalue weighted by atomic mass is 16.4. The normalized spacial score (nSPS) is 13.8. The van der Waals surface area contributed by atoms with Gasteiger partial charge in [-0.15, -0.1) is 0 Å². The highest BCUT2D eigenvalue weighted by molar-refractivity contribution is 5.95. The Kier molecular flexibility index (Phi) is 10.9. The number of hydrogen-bond acceptors (Lipinski definition) is 9. The van der Waals surface area contributed by atoms with E-state index >= 15 is 0 Å². The van der Waals surface area contributed by atoms with E-state index in [1.54, 1.807) is 0 Å². The van der Waals surface area contributed by atoms with Crippen LogP contribution in [-0.4, -0.2) is 79.9 Å². The molecule has 12 N–H and O–H groups in total. The van der Waals surface area contributed by atoms with Crippen LogP contribution in [0.2, 0.25) is 0 Å². The van der Waals surface area contributed by atoms with Gasteiger partial charge in [0.05, 0.1) is 25.2 Å². The number of phenolic OH excluding ortho intramolecular Hbond substituents is 1. The number of nitrogens with one attached hydrogen (secondary N) is 4. The lowest BCUT2D eigenvalue weighted by atomic mass is 10.0. The fourth-order valence-electron chi connectivity index (χ4n) is 3.44. The topological polar surface area (TPSA) is 286 Å². The highest BCUT2D eigenvalue weighted by Crippen LogP contribution is 2.12. The van der Waals surface area contributed by atoms with Gasteiger partial charge in [-0.05, 0) is 17.7 Å². The summed E-state index contributed by atoms with van der Waals surface area (Å²) in [5.41, 5.74) is 16.8. The number of rotatable bonds is 15. The second kappa shape index (κ2) is 14.1. The second-order valence-electron chi connectivity index (χ2n) is 8.62. The number of nitrogens with zero attached hydrogens (tertiary/aromatic N) is 1. The van der Waals surface area contributed by atoms with Gasteiger partial charge in [0.2, 0.25) is 29.5 Å². The summed E-state index contributed by atoms with van der Waals surface area (Å²) in [4.78, 5) is 79.4. The zero-order valence-corrected chi connectivity index (χ0v) is 20.6. The molecule has 4 atom stereocenters. The first-order valence-electron chi connectivity index (χ1n) is 11.6. The molecule has 1 heterocycles. The Morgan fingerprint density at radius 3 is 1.87 bits per heavy atom. The van der Waals surface area contributed by atoms with Crippen LogP contribution in [0.4, 0.5) is 0 Å². The standard InChI is InChI=1S/C23H30N8O8/c24-14(7-18(25)33)20(35)29-15(5-11-1-3-13(32)4-2-11)21(36)30-16(6-12-9-27-10-28-12)22(37)31-17(23(38)39)8-19(26)34/h1-4,9-10,14-17,32H,5-8,24H2,(H2,25,33)(H2,26,34)(H,27,28)(H,29,35)(H,30,36)(H,31,37)(H,38,39). The van der Waals surface area contributed by atoms with E-state index < -0.39 is 72.5 Å². The van der Waals surface area contributed by atoms with Crippen LogP contribution in [0, 0.1) is 0 Å². The third-order valence-corrected chi connectivity index (χ3v) is 5.40. The van der Waals surface area contributed by atoms with Crippen LogP contribution in [0.25, 0.3) is 0 Å². The van der Waals surface area contributed by atoms with Gasteiger partial charge < -0.3 is 48.3 Å². The van der Waals surface area contributed by atoms with Gasteiger partial charge in [-0.25, -0.2) is 9.78 Å². The molecular weight excluding hydrogens is 516 g/mol. The van der Waals surface area contributed by atoms with Gasteiger partial charge in [-0.3, -0.25) is 24.0 Å². The summed E-state index contributed by atoms with van der Waals surface area (Å²) >= 11 is 0. The van der Waals surface area contributed by atoms with Crippen LogP contribution in [-0.2, 0) is 41.6 Å². The predicted molar refractivity (Wildman–Crippen MR) is 133 cm³/mol. The number of H-pyrrole nitrogens is 1. The number of aromatic nitrogens is 2. The van der Waals surface area contributed by atoms with Crippen molar-refractivity contribution in [2.24, 2.45) is 17.2 Å². The maximum atomic E-state index is 13.3. The number of aromatic amines is 1. The van der Waals surface area contributed by atoms with E-state index in [1.807, 2.05) is 0 Å². The quantitative estimate of drug-likeness (QED) is 0.106. The molecule has 210 valence electrons. The van der Waals surface area contributed by atoms with Crippen molar-refractivity contribution in [3.8, 4) is 5.75 Å². The van der Waals surface area contributed by atoms with Crippen LogP contribution in [0.1, 0.15) is 24.1 Å². The summed E-state index contributed by atoms with van der Waals surface area (Å²) in [6, 6.07) is 0.0176. The van der Waals surface area contributed by atoms with Crippen LogP contribution < -0.4 is 33.2 Å². The molecule has 2 aromatic rings. The van der Waals surface area contributed by atoms with Gasteiger partial charge in [0.15, 0.2) is 0 Å². The Hall–Kier alpha value is -4.99. The number of carboxylic acid groups (broad SMARTS) is 1. The summed E-state index contributed by atoms with van der Waals surface area (Å²) in [7, 11) is 0. The number of carbonyl (C=O) groups excluding carboxylic acids is 5. The minimum Gasteiger partial charge on any atom is -0.508 e. The second-order valence-corrected chi connectivity index (χ2v) is 8.62. The summed E-state index contributed by atoms with van der Waals surface area (Å²) in [6.07, 6.45) is 1.25. The molecule has 2 rings (SSSR count). The third-order valence-electron chi connectivity index (χ3n) is 5.40. The number of benzene rings is 1. The van der Waals surface area contributed by atoms with E-state index in [0.717, 1.165) is 0 Å². The molecule has 0 saturated carbocycles. The largest absolute Gasteiger partial charge is 0.508 e. The number of primary amides is 2. The monoisotopic (exact) mass is 546 g/mol. The Labute approximate surface area is 221 Å². The maximum Gasteiger partial charge on any atom is 0.326 e. The molecule has 16 nitrogen and oxygen atoms in total. The summed E-state index contributed by atoms with van der Waals surface area (Å²) in [5, 5.41) is 25.9. The van der Waals surface area contributed by atoms with Gasteiger partial charge in [0.1, 0.15) is 23.9 Å². The third kappa shape index (κ3) is 10.1.